The second kappa shape index (κ2) is 3.65. The summed E-state index contributed by atoms with van der Waals surface area (Å²) in [7, 11) is 0. The summed E-state index contributed by atoms with van der Waals surface area (Å²) in [5.41, 5.74) is 2.45. The molecule has 0 aliphatic heterocycles. The summed E-state index contributed by atoms with van der Waals surface area (Å²) >= 11 is 0. The maximum atomic E-state index is 5.96. The van der Waals surface area contributed by atoms with Crippen LogP contribution in [0.4, 0.5) is 0 Å². The zero-order chi connectivity index (χ0) is 10.1. The maximum absolute atomic E-state index is 5.96. The first kappa shape index (κ1) is 8.90. The third-order valence-electron chi connectivity index (χ3n) is 3.19. The summed E-state index contributed by atoms with van der Waals surface area (Å²) in [6.45, 7) is 0. The summed E-state index contributed by atoms with van der Waals surface area (Å²) < 4.78 is 5.96. The number of hydrogen-bond donors (Lipinski definition) is 0. The highest BCUT2D eigenvalue weighted by Crippen LogP contribution is 2.25. The number of aryl methyl sites for hydroxylation is 2. The fourth-order valence-electron chi connectivity index (χ4n) is 2.36. The first-order valence-corrected chi connectivity index (χ1v) is 5.77. The minimum Gasteiger partial charge on any atom is -0.212 e. The molecule has 3 rings (SSSR count). The molecule has 2 aromatic rings. The summed E-state index contributed by atoms with van der Waals surface area (Å²) in [5.74, 6) is 1.21. The van der Waals surface area contributed by atoms with E-state index in [1.54, 1.807) is 0 Å². The molecule has 15 heavy (non-hydrogen) atoms. The zero-order valence-corrected chi connectivity index (χ0v) is 8.83. The Bertz CT molecular complexity index is 443. The van der Waals surface area contributed by atoms with Gasteiger partial charge in [0.25, 0.3) is 0 Å². The van der Waals surface area contributed by atoms with Crippen LogP contribution < -0.4 is 0 Å². The molecule has 0 spiro atoms. The van der Waals surface area contributed by atoms with Crippen molar-refractivity contribution in [3.63, 3.8) is 0 Å². The van der Waals surface area contributed by atoms with Crippen molar-refractivity contribution in [2.75, 3.05) is 0 Å². The Morgan fingerprint density at radius 1 is 0.933 bits per heavy atom. The Morgan fingerprint density at radius 2 is 1.80 bits per heavy atom. The standard InChI is InChI=1S/C14H15O/c1-2-6-11-10-12-7-4-5-9-14(12)15-13(11)8-3-1/h4-5,7,9-10H,1-3,6,8H2/q+1. The zero-order valence-electron chi connectivity index (χ0n) is 8.83. The Kier molecular flexibility index (Phi) is 2.17. The van der Waals surface area contributed by atoms with Gasteiger partial charge in [0.05, 0.1) is 17.4 Å². The van der Waals surface area contributed by atoms with Crippen LogP contribution in [0, 0.1) is 0 Å². The van der Waals surface area contributed by atoms with Gasteiger partial charge in [0.2, 0.25) is 0 Å². The summed E-state index contributed by atoms with van der Waals surface area (Å²) in [5, 5.41) is 1.23. The van der Waals surface area contributed by atoms with E-state index in [-0.39, 0.29) is 0 Å². The Labute approximate surface area is 89.7 Å². The number of rotatable bonds is 0. The van der Waals surface area contributed by atoms with Crippen molar-refractivity contribution in [2.45, 2.75) is 32.1 Å². The molecule has 1 aliphatic carbocycles. The lowest BCUT2D eigenvalue weighted by atomic mass is 10.1. The van der Waals surface area contributed by atoms with Crippen molar-refractivity contribution >= 4 is 11.0 Å². The van der Waals surface area contributed by atoms with Crippen molar-refractivity contribution in [2.24, 2.45) is 0 Å². The lowest BCUT2D eigenvalue weighted by molar-refractivity contribution is 0.526. The highest BCUT2D eigenvalue weighted by atomic mass is 16.3. The molecule has 1 aromatic carbocycles. The molecule has 1 aromatic heterocycles. The quantitative estimate of drug-likeness (QED) is 0.461. The van der Waals surface area contributed by atoms with Gasteiger partial charge in [0.15, 0.2) is 0 Å². The molecule has 1 heteroatoms. The van der Waals surface area contributed by atoms with Crippen LogP contribution in [-0.4, -0.2) is 0 Å². The van der Waals surface area contributed by atoms with Gasteiger partial charge in [0.1, 0.15) is 0 Å². The van der Waals surface area contributed by atoms with Gasteiger partial charge in [-0.3, -0.25) is 0 Å². The van der Waals surface area contributed by atoms with Gasteiger partial charge in [-0.1, -0.05) is 18.6 Å². The molecule has 0 N–H and O–H groups in total. The molecule has 0 saturated carbocycles. The van der Waals surface area contributed by atoms with Gasteiger partial charge in [-0.05, 0) is 31.4 Å². The maximum Gasteiger partial charge on any atom is 0.360 e. The normalized spacial score (nSPS) is 16.0. The molecule has 1 heterocycles. The predicted octanol–water partition coefficient (Wildman–Crippen LogP) is 3.98. The van der Waals surface area contributed by atoms with Crippen molar-refractivity contribution in [1.29, 1.82) is 0 Å². The summed E-state index contributed by atoms with van der Waals surface area (Å²) in [4.78, 5) is 0. The third-order valence-corrected chi connectivity index (χ3v) is 3.19. The van der Waals surface area contributed by atoms with Crippen LogP contribution >= 0.6 is 0 Å². The van der Waals surface area contributed by atoms with Gasteiger partial charge < -0.3 is 0 Å². The topological polar surface area (TPSA) is 11.3 Å². The van der Waals surface area contributed by atoms with E-state index in [0.717, 1.165) is 12.0 Å². The first-order valence-electron chi connectivity index (χ1n) is 5.77. The van der Waals surface area contributed by atoms with Gasteiger partial charge in [-0.2, -0.15) is 0 Å². The van der Waals surface area contributed by atoms with Crippen LogP contribution in [0.5, 0.6) is 0 Å². The van der Waals surface area contributed by atoms with E-state index in [4.69, 9.17) is 4.42 Å². The lowest BCUT2D eigenvalue weighted by Crippen LogP contribution is -1.90. The molecule has 0 atom stereocenters. The third kappa shape index (κ3) is 1.63. The average molecular weight is 199 g/mol. The van der Waals surface area contributed by atoms with E-state index >= 15 is 0 Å². The summed E-state index contributed by atoms with van der Waals surface area (Å²) in [6, 6.07) is 10.6. The highest BCUT2D eigenvalue weighted by Gasteiger charge is 2.20. The van der Waals surface area contributed by atoms with Crippen LogP contribution in [0.2, 0.25) is 0 Å². The molecule has 76 valence electrons. The van der Waals surface area contributed by atoms with Crippen LogP contribution in [0.15, 0.2) is 34.7 Å². The average Bonchev–Trinajstić information content (AvgIpc) is 2.50. The minimum absolute atomic E-state index is 1.03. The van der Waals surface area contributed by atoms with E-state index in [1.807, 2.05) is 6.07 Å². The highest BCUT2D eigenvalue weighted by molar-refractivity contribution is 5.77. The SMILES string of the molecule is c1ccc2[o+]c3c(cc2c1)CCCCC3. The van der Waals surface area contributed by atoms with E-state index in [2.05, 4.69) is 24.3 Å². The predicted molar refractivity (Wildman–Crippen MR) is 61.9 cm³/mol. The Balaban J connectivity index is 2.20. The second-order valence-electron chi connectivity index (χ2n) is 4.29. The molecule has 1 nitrogen and oxygen atoms in total. The summed E-state index contributed by atoms with van der Waals surface area (Å²) in [6.07, 6.45) is 6.21. The molecule has 0 saturated heterocycles. The smallest absolute Gasteiger partial charge is 0.212 e. The van der Waals surface area contributed by atoms with Crippen molar-refractivity contribution in [1.82, 2.24) is 0 Å². The lowest BCUT2D eigenvalue weighted by Gasteiger charge is -1.96. The van der Waals surface area contributed by atoms with E-state index in [0.29, 0.717) is 0 Å². The Morgan fingerprint density at radius 3 is 2.80 bits per heavy atom. The van der Waals surface area contributed by atoms with Gasteiger partial charge in [0, 0.05) is 6.07 Å². The van der Waals surface area contributed by atoms with E-state index < -0.39 is 0 Å². The number of benzene rings is 1. The second-order valence-corrected chi connectivity index (χ2v) is 4.29. The number of hydrogen-bond acceptors (Lipinski definition) is 0. The monoisotopic (exact) mass is 199 g/mol. The van der Waals surface area contributed by atoms with Crippen molar-refractivity contribution in [3.05, 3.63) is 41.7 Å². The van der Waals surface area contributed by atoms with Crippen molar-refractivity contribution in [3.8, 4) is 0 Å². The number of fused-ring (bicyclic) bond motifs is 2. The molecule has 0 unspecified atom stereocenters. The Hall–Kier alpha value is -1.37. The minimum atomic E-state index is 1.03. The molecule has 1 aliphatic rings. The van der Waals surface area contributed by atoms with Crippen LogP contribution in [0.3, 0.4) is 0 Å². The fraction of sp³-hybridized carbons (Fsp3) is 0.357. The fourth-order valence-corrected chi connectivity index (χ4v) is 2.36. The molecule has 0 bridgehead atoms. The first-order chi connectivity index (χ1) is 7.43. The molecule has 0 amide bonds. The van der Waals surface area contributed by atoms with E-state index in [1.165, 1.54) is 42.4 Å². The van der Waals surface area contributed by atoms with Crippen molar-refractivity contribution < 1.29 is 4.42 Å². The van der Waals surface area contributed by atoms with Crippen LogP contribution in [0.1, 0.15) is 30.6 Å². The molecular formula is C14H15O+. The van der Waals surface area contributed by atoms with Crippen LogP contribution in [-0.2, 0) is 12.8 Å². The van der Waals surface area contributed by atoms with Crippen LogP contribution in [0.25, 0.3) is 11.0 Å². The van der Waals surface area contributed by atoms with Gasteiger partial charge in [-0.25, -0.2) is 4.42 Å². The largest absolute Gasteiger partial charge is 0.360 e. The molecule has 0 fully saturated rings. The molecule has 0 radical (unpaired) electrons. The van der Waals surface area contributed by atoms with Gasteiger partial charge in [-0.15, -0.1) is 0 Å². The number of para-hydroxylation sites is 1. The van der Waals surface area contributed by atoms with E-state index in [9.17, 15) is 0 Å². The van der Waals surface area contributed by atoms with Gasteiger partial charge >= 0.3 is 11.3 Å². The molecular weight excluding hydrogens is 184 g/mol.